The average molecular weight is 276 g/mol. The molecule has 0 saturated heterocycles. The topological polar surface area (TPSA) is 87.6 Å². The number of hydrogen-bond donors (Lipinski definition) is 2. The third-order valence-electron chi connectivity index (χ3n) is 2.63. The Hall–Kier alpha value is -2.76. The summed E-state index contributed by atoms with van der Waals surface area (Å²) in [7, 11) is 1.34. The second-order valence-corrected chi connectivity index (χ2v) is 4.02. The van der Waals surface area contributed by atoms with Crippen molar-refractivity contribution in [1.82, 2.24) is 0 Å². The molecule has 20 heavy (non-hydrogen) atoms. The van der Waals surface area contributed by atoms with Gasteiger partial charge in [-0.3, -0.25) is 4.79 Å². The molecular weight excluding hydrogens is 263 g/mol. The SMILES string of the molecule is COc1cc(Oc2cccc(C(N)=O)c2)c(N)cc1F. The summed E-state index contributed by atoms with van der Waals surface area (Å²) >= 11 is 0. The molecule has 0 spiro atoms. The zero-order valence-corrected chi connectivity index (χ0v) is 10.7. The van der Waals surface area contributed by atoms with E-state index in [2.05, 4.69) is 0 Å². The van der Waals surface area contributed by atoms with E-state index in [9.17, 15) is 9.18 Å². The predicted octanol–water partition coefficient (Wildman–Crippen LogP) is 2.31. The van der Waals surface area contributed by atoms with Gasteiger partial charge in [-0.05, 0) is 18.2 Å². The molecule has 0 bridgehead atoms. The normalized spacial score (nSPS) is 10.1. The van der Waals surface area contributed by atoms with E-state index in [4.69, 9.17) is 20.9 Å². The smallest absolute Gasteiger partial charge is 0.248 e. The van der Waals surface area contributed by atoms with Crippen LogP contribution in [0.2, 0.25) is 0 Å². The maximum Gasteiger partial charge on any atom is 0.248 e. The zero-order chi connectivity index (χ0) is 14.7. The van der Waals surface area contributed by atoms with Gasteiger partial charge in [0.2, 0.25) is 5.91 Å². The van der Waals surface area contributed by atoms with E-state index in [1.165, 1.54) is 19.2 Å². The fourth-order valence-corrected chi connectivity index (χ4v) is 1.63. The summed E-state index contributed by atoms with van der Waals surface area (Å²) in [5, 5.41) is 0. The molecule has 0 heterocycles. The average Bonchev–Trinajstić information content (AvgIpc) is 2.42. The number of primary amides is 1. The van der Waals surface area contributed by atoms with Crippen LogP contribution in [0.25, 0.3) is 0 Å². The van der Waals surface area contributed by atoms with E-state index in [1.807, 2.05) is 0 Å². The maximum atomic E-state index is 13.4. The molecule has 0 aromatic heterocycles. The molecule has 6 heteroatoms. The van der Waals surface area contributed by atoms with Crippen molar-refractivity contribution in [3.05, 3.63) is 47.8 Å². The number of ether oxygens (including phenoxy) is 2. The number of benzene rings is 2. The third-order valence-corrected chi connectivity index (χ3v) is 2.63. The monoisotopic (exact) mass is 276 g/mol. The first-order valence-electron chi connectivity index (χ1n) is 5.72. The number of methoxy groups -OCH3 is 1. The number of hydrogen-bond acceptors (Lipinski definition) is 4. The number of anilines is 1. The van der Waals surface area contributed by atoms with Gasteiger partial charge in [0.15, 0.2) is 17.3 Å². The number of carbonyl (C=O) groups excluding carboxylic acids is 1. The minimum atomic E-state index is -0.580. The highest BCUT2D eigenvalue weighted by atomic mass is 19.1. The second kappa shape index (κ2) is 5.48. The van der Waals surface area contributed by atoms with Crippen LogP contribution < -0.4 is 20.9 Å². The highest BCUT2D eigenvalue weighted by Gasteiger charge is 2.11. The molecule has 5 nitrogen and oxygen atoms in total. The molecule has 2 aromatic rings. The van der Waals surface area contributed by atoms with Gasteiger partial charge in [0, 0.05) is 17.7 Å². The fraction of sp³-hybridized carbons (Fsp3) is 0.0714. The number of rotatable bonds is 4. The molecule has 4 N–H and O–H groups in total. The van der Waals surface area contributed by atoms with E-state index in [0.717, 1.165) is 6.07 Å². The van der Waals surface area contributed by atoms with Crippen molar-refractivity contribution < 1.29 is 18.7 Å². The number of carbonyl (C=O) groups is 1. The van der Waals surface area contributed by atoms with E-state index in [1.54, 1.807) is 18.2 Å². The van der Waals surface area contributed by atoms with Gasteiger partial charge in [0.25, 0.3) is 0 Å². The van der Waals surface area contributed by atoms with Crippen LogP contribution in [0.4, 0.5) is 10.1 Å². The molecule has 1 amide bonds. The zero-order valence-electron chi connectivity index (χ0n) is 10.7. The Morgan fingerprint density at radius 1 is 1.20 bits per heavy atom. The molecule has 0 aliphatic rings. The quantitative estimate of drug-likeness (QED) is 0.839. The number of nitrogens with two attached hydrogens (primary N) is 2. The summed E-state index contributed by atoms with van der Waals surface area (Å²) in [6, 6.07) is 8.71. The van der Waals surface area contributed by atoms with E-state index in [-0.39, 0.29) is 17.2 Å². The Kier molecular flexibility index (Phi) is 3.74. The predicted molar refractivity (Wildman–Crippen MR) is 72.4 cm³/mol. The Labute approximate surface area is 114 Å². The Balaban J connectivity index is 2.34. The standard InChI is InChI=1S/C14H13FN2O3/c1-19-12-7-13(11(16)6-10(12)15)20-9-4-2-3-8(5-9)14(17)18/h2-7H,16H2,1H3,(H2,17,18). The van der Waals surface area contributed by atoms with Crippen LogP contribution in [0.1, 0.15) is 10.4 Å². The van der Waals surface area contributed by atoms with Crippen LogP contribution in [0.3, 0.4) is 0 Å². The minimum absolute atomic E-state index is 0.0141. The summed E-state index contributed by atoms with van der Waals surface area (Å²) in [6.45, 7) is 0. The van der Waals surface area contributed by atoms with Crippen LogP contribution in [0.15, 0.2) is 36.4 Å². The fourth-order valence-electron chi connectivity index (χ4n) is 1.63. The lowest BCUT2D eigenvalue weighted by atomic mass is 10.2. The van der Waals surface area contributed by atoms with Crippen molar-refractivity contribution in [2.45, 2.75) is 0 Å². The Morgan fingerprint density at radius 3 is 2.60 bits per heavy atom. The van der Waals surface area contributed by atoms with Gasteiger partial charge in [-0.2, -0.15) is 0 Å². The number of nitrogen functional groups attached to an aromatic ring is 1. The minimum Gasteiger partial charge on any atom is -0.494 e. The summed E-state index contributed by atoms with van der Waals surface area (Å²) in [5.41, 5.74) is 11.3. The molecule has 0 unspecified atom stereocenters. The van der Waals surface area contributed by atoms with Crippen LogP contribution in [0, 0.1) is 5.82 Å². The van der Waals surface area contributed by atoms with Crippen LogP contribution in [-0.2, 0) is 0 Å². The number of amides is 1. The maximum absolute atomic E-state index is 13.4. The van der Waals surface area contributed by atoms with Gasteiger partial charge in [-0.15, -0.1) is 0 Å². The molecule has 0 aliphatic carbocycles. The largest absolute Gasteiger partial charge is 0.494 e. The molecular formula is C14H13FN2O3. The molecule has 104 valence electrons. The molecule has 0 atom stereocenters. The Morgan fingerprint density at radius 2 is 1.95 bits per heavy atom. The number of halogens is 1. The van der Waals surface area contributed by atoms with Gasteiger partial charge in [-0.25, -0.2) is 4.39 Å². The summed E-state index contributed by atoms with van der Waals surface area (Å²) < 4.78 is 23.8. The van der Waals surface area contributed by atoms with E-state index in [0.29, 0.717) is 11.3 Å². The molecule has 2 aromatic carbocycles. The summed E-state index contributed by atoms with van der Waals surface area (Å²) in [5.74, 6) is -0.546. The van der Waals surface area contributed by atoms with E-state index < -0.39 is 11.7 Å². The summed E-state index contributed by atoms with van der Waals surface area (Å²) in [6.07, 6.45) is 0. The van der Waals surface area contributed by atoms with Gasteiger partial charge in [0.05, 0.1) is 12.8 Å². The van der Waals surface area contributed by atoms with Gasteiger partial charge < -0.3 is 20.9 Å². The first-order chi connectivity index (χ1) is 9.51. The first-order valence-corrected chi connectivity index (χ1v) is 5.72. The van der Waals surface area contributed by atoms with Crippen molar-refractivity contribution in [2.75, 3.05) is 12.8 Å². The van der Waals surface area contributed by atoms with Crippen LogP contribution >= 0.6 is 0 Å². The van der Waals surface area contributed by atoms with Gasteiger partial charge in [-0.1, -0.05) is 6.07 Å². The van der Waals surface area contributed by atoms with Crippen molar-refractivity contribution >= 4 is 11.6 Å². The van der Waals surface area contributed by atoms with E-state index >= 15 is 0 Å². The lowest BCUT2D eigenvalue weighted by Crippen LogP contribution is -2.10. The van der Waals surface area contributed by atoms with Crippen molar-refractivity contribution in [2.24, 2.45) is 5.73 Å². The molecule has 0 fully saturated rings. The van der Waals surface area contributed by atoms with Crippen LogP contribution in [0.5, 0.6) is 17.2 Å². The van der Waals surface area contributed by atoms with Gasteiger partial charge >= 0.3 is 0 Å². The second-order valence-electron chi connectivity index (χ2n) is 4.02. The highest BCUT2D eigenvalue weighted by molar-refractivity contribution is 5.93. The molecule has 0 aliphatic heterocycles. The molecule has 2 rings (SSSR count). The molecule has 0 radical (unpaired) electrons. The summed E-state index contributed by atoms with van der Waals surface area (Å²) in [4.78, 5) is 11.1. The van der Waals surface area contributed by atoms with Crippen LogP contribution in [-0.4, -0.2) is 13.0 Å². The van der Waals surface area contributed by atoms with Crippen molar-refractivity contribution in [1.29, 1.82) is 0 Å². The van der Waals surface area contributed by atoms with Gasteiger partial charge in [0.1, 0.15) is 5.75 Å². The van der Waals surface area contributed by atoms with Crippen molar-refractivity contribution in [3.63, 3.8) is 0 Å². The third kappa shape index (κ3) is 2.80. The first kappa shape index (κ1) is 13.7. The lowest BCUT2D eigenvalue weighted by Gasteiger charge is -2.11. The Bertz CT molecular complexity index is 659. The lowest BCUT2D eigenvalue weighted by molar-refractivity contribution is 0.1000. The molecule has 0 saturated carbocycles. The van der Waals surface area contributed by atoms with Crippen molar-refractivity contribution in [3.8, 4) is 17.2 Å². The highest BCUT2D eigenvalue weighted by Crippen LogP contribution is 2.33.